The smallest absolute Gasteiger partial charge is 0.326 e. The number of hydrogen-bond acceptors (Lipinski definition) is 7. The number of anilines is 1. The average Bonchev–Trinajstić information content (AvgIpc) is 3.29. The Kier molecular flexibility index (Phi) is 11.1. The Morgan fingerprint density at radius 3 is 1.93 bits per heavy atom. The van der Waals surface area contributed by atoms with Crippen molar-refractivity contribution in [2.45, 2.75) is 44.7 Å². The number of hydrogen-bond donors (Lipinski definition) is 5. The summed E-state index contributed by atoms with van der Waals surface area (Å²) in [6.07, 6.45) is 0.605. The zero-order chi connectivity index (χ0) is 33.3. The van der Waals surface area contributed by atoms with Gasteiger partial charge in [0.25, 0.3) is 5.91 Å². The number of nitrogens with one attached hydrogen (secondary N) is 4. The van der Waals surface area contributed by atoms with Crippen LogP contribution in [0.25, 0.3) is 0 Å². The van der Waals surface area contributed by atoms with Crippen LogP contribution in [0.15, 0.2) is 78.9 Å². The Bertz CT molecular complexity index is 1680. The van der Waals surface area contributed by atoms with E-state index in [1.54, 1.807) is 36.4 Å². The minimum Gasteiger partial charge on any atom is -0.481 e. The molecule has 2 atom stereocenters. The second-order valence-corrected chi connectivity index (χ2v) is 12.4. The SMILES string of the molecule is CC(=O)N[C@@H](Cc1ccccc1)C(=O)N[C@@H](Cc1ccc(N2CC(=O)NS2(=O)=O)cc1)C(=O)NCCc1ccc(CC(=O)O)cc1. The summed E-state index contributed by atoms with van der Waals surface area (Å²) in [6, 6.07) is 20.3. The van der Waals surface area contributed by atoms with Gasteiger partial charge in [-0.3, -0.25) is 24.0 Å². The Morgan fingerprint density at radius 1 is 0.804 bits per heavy atom. The van der Waals surface area contributed by atoms with Crippen LogP contribution < -0.4 is 25.0 Å². The van der Waals surface area contributed by atoms with Crippen molar-refractivity contribution < 1.29 is 37.5 Å². The van der Waals surface area contributed by atoms with Crippen molar-refractivity contribution in [3.63, 3.8) is 0 Å². The third-order valence-electron chi connectivity index (χ3n) is 7.19. The molecule has 0 bridgehead atoms. The summed E-state index contributed by atoms with van der Waals surface area (Å²) >= 11 is 0. The molecular weight excluding hydrogens is 614 g/mol. The Balaban J connectivity index is 1.48. The summed E-state index contributed by atoms with van der Waals surface area (Å²) in [6.45, 7) is 1.18. The number of nitrogens with zero attached hydrogens (tertiary/aromatic N) is 1. The second kappa shape index (κ2) is 15.2. The van der Waals surface area contributed by atoms with Crippen molar-refractivity contribution in [1.82, 2.24) is 20.7 Å². The predicted molar refractivity (Wildman–Crippen MR) is 169 cm³/mol. The van der Waals surface area contributed by atoms with Crippen LogP contribution in [0, 0.1) is 0 Å². The Hall–Kier alpha value is -5.24. The molecule has 13 nitrogen and oxygen atoms in total. The molecule has 0 radical (unpaired) electrons. The normalized spacial score (nSPS) is 14.9. The van der Waals surface area contributed by atoms with E-state index in [-0.39, 0.29) is 38.0 Å². The van der Waals surface area contributed by atoms with Crippen molar-refractivity contribution in [2.75, 3.05) is 17.4 Å². The monoisotopic (exact) mass is 649 g/mol. The van der Waals surface area contributed by atoms with Gasteiger partial charge in [0.1, 0.15) is 18.6 Å². The fourth-order valence-electron chi connectivity index (χ4n) is 4.95. The van der Waals surface area contributed by atoms with Gasteiger partial charge >= 0.3 is 16.2 Å². The van der Waals surface area contributed by atoms with Gasteiger partial charge in [0.05, 0.1) is 12.1 Å². The first kappa shape index (κ1) is 33.6. The highest BCUT2D eigenvalue weighted by molar-refractivity contribution is 7.92. The Labute approximate surface area is 266 Å². The molecule has 0 aliphatic carbocycles. The molecular formula is C32H35N5O8S. The minimum absolute atomic E-state index is 0.0454. The van der Waals surface area contributed by atoms with Gasteiger partial charge < -0.3 is 21.1 Å². The fraction of sp³-hybridized carbons (Fsp3) is 0.281. The van der Waals surface area contributed by atoms with Crippen molar-refractivity contribution in [3.05, 3.63) is 101 Å². The minimum atomic E-state index is -3.99. The maximum absolute atomic E-state index is 13.5. The standard InChI is InChI=1S/C32H35N5O8S/c1-21(38)34-28(17-23-5-3-2-4-6-23)32(43)35-27(31(42)33-16-15-22-7-9-25(10-8-22)19-30(40)41)18-24-11-13-26(14-12-24)37-20-29(39)36-46(37,44)45/h2-14,27-28H,15-20H2,1H3,(H,33,42)(H,34,38)(H,35,43)(H,36,39)(H,40,41)/t27-,28-/m0/s1. The van der Waals surface area contributed by atoms with E-state index >= 15 is 0 Å². The van der Waals surface area contributed by atoms with Gasteiger partial charge in [-0.15, -0.1) is 0 Å². The zero-order valence-electron chi connectivity index (χ0n) is 25.1. The summed E-state index contributed by atoms with van der Waals surface area (Å²) < 4.78 is 27.3. The number of aliphatic carboxylic acids is 1. The molecule has 1 aliphatic rings. The highest BCUT2D eigenvalue weighted by Crippen LogP contribution is 2.21. The number of carboxylic acid groups (broad SMARTS) is 1. The number of carboxylic acids is 1. The van der Waals surface area contributed by atoms with Crippen LogP contribution in [-0.4, -0.2) is 68.3 Å². The lowest BCUT2D eigenvalue weighted by Crippen LogP contribution is -2.55. The summed E-state index contributed by atoms with van der Waals surface area (Å²) in [4.78, 5) is 61.4. The van der Waals surface area contributed by atoms with Crippen molar-refractivity contribution in [2.24, 2.45) is 0 Å². The number of carbonyl (C=O) groups is 5. The van der Waals surface area contributed by atoms with Crippen LogP contribution in [0.2, 0.25) is 0 Å². The van der Waals surface area contributed by atoms with Crippen LogP contribution in [0.3, 0.4) is 0 Å². The maximum Gasteiger partial charge on any atom is 0.326 e. The van der Waals surface area contributed by atoms with Gasteiger partial charge in [0.15, 0.2) is 0 Å². The van der Waals surface area contributed by atoms with Gasteiger partial charge in [-0.1, -0.05) is 66.7 Å². The number of rotatable bonds is 14. The molecule has 3 aromatic rings. The molecule has 3 aromatic carbocycles. The molecule has 1 fully saturated rings. The van der Waals surface area contributed by atoms with E-state index in [9.17, 15) is 32.4 Å². The molecule has 4 amide bonds. The zero-order valence-corrected chi connectivity index (χ0v) is 25.9. The summed E-state index contributed by atoms with van der Waals surface area (Å²) in [5.74, 6) is -3.02. The lowest BCUT2D eigenvalue weighted by molar-refractivity contribution is -0.136. The molecule has 0 aromatic heterocycles. The number of amides is 4. The van der Waals surface area contributed by atoms with Crippen molar-refractivity contribution >= 4 is 45.5 Å². The molecule has 1 aliphatic heterocycles. The van der Waals surface area contributed by atoms with Crippen LogP contribution in [0.4, 0.5) is 5.69 Å². The first-order valence-corrected chi connectivity index (χ1v) is 15.9. The van der Waals surface area contributed by atoms with Crippen LogP contribution in [-0.2, 0) is 59.9 Å². The largest absolute Gasteiger partial charge is 0.481 e. The summed E-state index contributed by atoms with van der Waals surface area (Å²) in [5, 5.41) is 17.2. The molecule has 14 heteroatoms. The predicted octanol–water partition coefficient (Wildman–Crippen LogP) is 0.628. The first-order chi connectivity index (χ1) is 21.9. The topological polar surface area (TPSA) is 191 Å². The molecule has 1 saturated heterocycles. The van der Waals surface area contributed by atoms with E-state index in [4.69, 9.17) is 5.11 Å². The van der Waals surface area contributed by atoms with Crippen LogP contribution in [0.1, 0.15) is 29.2 Å². The van der Waals surface area contributed by atoms with E-state index < -0.39 is 51.9 Å². The fourth-order valence-corrected chi connectivity index (χ4v) is 6.10. The van der Waals surface area contributed by atoms with E-state index in [0.29, 0.717) is 17.5 Å². The van der Waals surface area contributed by atoms with Crippen LogP contribution >= 0.6 is 0 Å². The third kappa shape index (κ3) is 9.63. The van der Waals surface area contributed by atoms with Gasteiger partial charge in [0.2, 0.25) is 17.7 Å². The van der Waals surface area contributed by atoms with E-state index in [1.807, 2.05) is 35.1 Å². The second-order valence-electron chi connectivity index (χ2n) is 10.8. The lowest BCUT2D eigenvalue weighted by Gasteiger charge is -2.23. The average molecular weight is 650 g/mol. The third-order valence-corrected chi connectivity index (χ3v) is 8.59. The number of carbonyl (C=O) groups excluding carboxylic acids is 4. The summed E-state index contributed by atoms with van der Waals surface area (Å²) in [7, 11) is -3.99. The highest BCUT2D eigenvalue weighted by atomic mass is 32.2. The van der Waals surface area contributed by atoms with Crippen molar-refractivity contribution in [1.29, 1.82) is 0 Å². The number of benzene rings is 3. The van der Waals surface area contributed by atoms with Gasteiger partial charge in [-0.2, -0.15) is 8.42 Å². The molecule has 0 spiro atoms. The summed E-state index contributed by atoms with van der Waals surface area (Å²) in [5.41, 5.74) is 3.21. The van der Waals surface area contributed by atoms with Gasteiger partial charge in [-0.25, -0.2) is 9.03 Å². The highest BCUT2D eigenvalue weighted by Gasteiger charge is 2.34. The van der Waals surface area contributed by atoms with Crippen molar-refractivity contribution in [3.8, 4) is 0 Å². The van der Waals surface area contributed by atoms with Gasteiger partial charge in [0, 0.05) is 26.3 Å². The quantitative estimate of drug-likeness (QED) is 0.168. The molecule has 242 valence electrons. The maximum atomic E-state index is 13.5. The molecule has 4 rings (SSSR count). The van der Waals surface area contributed by atoms with E-state index in [0.717, 1.165) is 15.4 Å². The lowest BCUT2D eigenvalue weighted by atomic mass is 10.0. The molecule has 1 heterocycles. The van der Waals surface area contributed by atoms with E-state index in [2.05, 4.69) is 16.0 Å². The van der Waals surface area contributed by atoms with E-state index in [1.165, 1.54) is 19.1 Å². The molecule has 46 heavy (non-hydrogen) atoms. The van der Waals surface area contributed by atoms with Crippen LogP contribution in [0.5, 0.6) is 0 Å². The molecule has 0 saturated carbocycles. The Morgan fingerprint density at radius 2 is 1.37 bits per heavy atom. The first-order valence-electron chi connectivity index (χ1n) is 14.5. The molecule has 0 unspecified atom stereocenters. The van der Waals surface area contributed by atoms with Gasteiger partial charge in [-0.05, 0) is 40.8 Å². The molecule has 5 N–H and O–H groups in total.